The van der Waals surface area contributed by atoms with Crippen molar-refractivity contribution in [3.05, 3.63) is 40.3 Å². The van der Waals surface area contributed by atoms with Crippen LogP contribution in [0.2, 0.25) is 0 Å². The molecule has 22 heavy (non-hydrogen) atoms. The summed E-state index contributed by atoms with van der Waals surface area (Å²) in [5.74, 6) is 0.252. The van der Waals surface area contributed by atoms with Crippen LogP contribution >= 0.6 is 0 Å². The first-order valence-corrected chi connectivity index (χ1v) is 7.89. The van der Waals surface area contributed by atoms with E-state index in [9.17, 15) is 4.79 Å². The van der Waals surface area contributed by atoms with Crippen LogP contribution in [0.25, 0.3) is 10.4 Å². The number of anilines is 1. The summed E-state index contributed by atoms with van der Waals surface area (Å²) in [5.41, 5.74) is 10.6. The van der Waals surface area contributed by atoms with Gasteiger partial charge in [0.2, 0.25) is 5.91 Å². The summed E-state index contributed by atoms with van der Waals surface area (Å²) in [4.78, 5) is 19.2. The standard InChI is InChI=1S/C16H21N5O/c17-19-18-10-14-9-16(22)21(12-14)15-5-3-4-13(8-15)11-20-6-1-2-7-20/h3-5,8,14H,1-2,6-7,9-12H2. The highest BCUT2D eigenvalue weighted by Crippen LogP contribution is 2.26. The van der Waals surface area contributed by atoms with Crippen molar-refractivity contribution in [3.8, 4) is 0 Å². The van der Waals surface area contributed by atoms with Gasteiger partial charge in [-0.2, -0.15) is 0 Å². The average molecular weight is 299 g/mol. The van der Waals surface area contributed by atoms with Crippen LogP contribution < -0.4 is 4.90 Å². The van der Waals surface area contributed by atoms with Gasteiger partial charge in [0.25, 0.3) is 0 Å². The first-order valence-electron chi connectivity index (χ1n) is 7.89. The number of benzene rings is 1. The third kappa shape index (κ3) is 3.40. The van der Waals surface area contributed by atoms with E-state index in [1.807, 2.05) is 17.0 Å². The number of rotatable bonds is 5. The molecule has 2 saturated heterocycles. The van der Waals surface area contributed by atoms with Gasteiger partial charge in [-0.15, -0.1) is 0 Å². The highest BCUT2D eigenvalue weighted by atomic mass is 16.2. The maximum absolute atomic E-state index is 12.2. The van der Waals surface area contributed by atoms with Gasteiger partial charge in [0.15, 0.2) is 0 Å². The van der Waals surface area contributed by atoms with Crippen molar-refractivity contribution in [1.29, 1.82) is 0 Å². The molecule has 6 heteroatoms. The van der Waals surface area contributed by atoms with E-state index in [1.165, 1.54) is 31.5 Å². The fourth-order valence-electron chi connectivity index (χ4n) is 3.33. The van der Waals surface area contributed by atoms with E-state index in [2.05, 4.69) is 27.1 Å². The molecule has 0 N–H and O–H groups in total. The van der Waals surface area contributed by atoms with Crippen LogP contribution in [0.15, 0.2) is 29.4 Å². The molecule has 1 atom stereocenters. The Labute approximate surface area is 130 Å². The van der Waals surface area contributed by atoms with Crippen molar-refractivity contribution in [3.63, 3.8) is 0 Å². The number of hydrogen-bond donors (Lipinski definition) is 0. The van der Waals surface area contributed by atoms with Crippen LogP contribution in [-0.2, 0) is 11.3 Å². The predicted octanol–water partition coefficient (Wildman–Crippen LogP) is 2.95. The van der Waals surface area contributed by atoms with E-state index in [0.29, 0.717) is 19.5 Å². The molecule has 2 heterocycles. The van der Waals surface area contributed by atoms with E-state index in [-0.39, 0.29) is 11.8 Å². The Hall–Kier alpha value is -2.04. The largest absolute Gasteiger partial charge is 0.312 e. The highest BCUT2D eigenvalue weighted by molar-refractivity contribution is 5.95. The van der Waals surface area contributed by atoms with Crippen LogP contribution in [0.4, 0.5) is 5.69 Å². The lowest BCUT2D eigenvalue weighted by atomic mass is 10.1. The molecule has 0 aliphatic carbocycles. The number of carbonyl (C=O) groups excluding carboxylic acids is 1. The van der Waals surface area contributed by atoms with Crippen molar-refractivity contribution >= 4 is 11.6 Å². The molecule has 2 aliphatic rings. The van der Waals surface area contributed by atoms with Crippen LogP contribution in [0.5, 0.6) is 0 Å². The Morgan fingerprint density at radius 1 is 1.32 bits per heavy atom. The summed E-state index contributed by atoms with van der Waals surface area (Å²) >= 11 is 0. The van der Waals surface area contributed by atoms with E-state index in [1.54, 1.807) is 0 Å². The number of hydrogen-bond acceptors (Lipinski definition) is 3. The van der Waals surface area contributed by atoms with Gasteiger partial charge in [-0.3, -0.25) is 9.69 Å². The first kappa shape index (κ1) is 14.9. The topological polar surface area (TPSA) is 72.3 Å². The van der Waals surface area contributed by atoms with Gasteiger partial charge < -0.3 is 4.90 Å². The minimum absolute atomic E-state index is 0.122. The van der Waals surface area contributed by atoms with Crippen LogP contribution in [0, 0.1) is 5.92 Å². The van der Waals surface area contributed by atoms with E-state index in [4.69, 9.17) is 5.53 Å². The molecule has 116 valence electrons. The van der Waals surface area contributed by atoms with E-state index < -0.39 is 0 Å². The van der Waals surface area contributed by atoms with Crippen molar-refractivity contribution in [2.75, 3.05) is 31.1 Å². The van der Waals surface area contributed by atoms with Crippen molar-refractivity contribution < 1.29 is 4.79 Å². The Kier molecular flexibility index (Phi) is 4.61. The Balaban J connectivity index is 1.68. The van der Waals surface area contributed by atoms with Crippen molar-refractivity contribution in [2.45, 2.75) is 25.8 Å². The molecule has 1 aromatic carbocycles. The first-order chi connectivity index (χ1) is 10.8. The van der Waals surface area contributed by atoms with Gasteiger partial charge in [0.05, 0.1) is 0 Å². The van der Waals surface area contributed by atoms with Gasteiger partial charge in [0, 0.05) is 36.7 Å². The molecule has 1 amide bonds. The lowest BCUT2D eigenvalue weighted by Gasteiger charge is -2.19. The highest BCUT2D eigenvalue weighted by Gasteiger charge is 2.30. The maximum Gasteiger partial charge on any atom is 0.227 e. The second kappa shape index (κ2) is 6.81. The molecule has 2 aliphatic heterocycles. The molecule has 0 spiro atoms. The fourth-order valence-corrected chi connectivity index (χ4v) is 3.33. The molecule has 0 bridgehead atoms. The average Bonchev–Trinajstić information content (AvgIpc) is 3.15. The van der Waals surface area contributed by atoms with Gasteiger partial charge in [-0.25, -0.2) is 0 Å². The summed E-state index contributed by atoms with van der Waals surface area (Å²) in [5, 5.41) is 3.60. The fraction of sp³-hybridized carbons (Fsp3) is 0.562. The quantitative estimate of drug-likeness (QED) is 0.476. The molecule has 0 aromatic heterocycles. The molecular weight excluding hydrogens is 278 g/mol. The second-order valence-corrected chi connectivity index (χ2v) is 6.14. The Morgan fingerprint density at radius 3 is 2.91 bits per heavy atom. The SMILES string of the molecule is [N-]=[N+]=NCC1CC(=O)N(c2cccc(CN3CCCC3)c2)C1. The normalized spacial score (nSPS) is 22.1. The van der Waals surface area contributed by atoms with E-state index >= 15 is 0 Å². The zero-order valence-corrected chi connectivity index (χ0v) is 12.7. The molecule has 3 rings (SSSR count). The minimum atomic E-state index is 0.122. The maximum atomic E-state index is 12.2. The van der Waals surface area contributed by atoms with Crippen LogP contribution in [-0.4, -0.2) is 37.0 Å². The van der Waals surface area contributed by atoms with Gasteiger partial charge >= 0.3 is 0 Å². The number of carbonyl (C=O) groups is 1. The van der Waals surface area contributed by atoms with Crippen LogP contribution in [0.3, 0.4) is 0 Å². The monoisotopic (exact) mass is 299 g/mol. The number of azide groups is 1. The number of likely N-dealkylation sites (tertiary alicyclic amines) is 1. The Bertz CT molecular complexity index is 590. The van der Waals surface area contributed by atoms with Crippen LogP contribution in [0.1, 0.15) is 24.8 Å². The summed E-state index contributed by atoms with van der Waals surface area (Å²) in [6.45, 7) is 4.33. The molecule has 6 nitrogen and oxygen atoms in total. The summed E-state index contributed by atoms with van der Waals surface area (Å²) < 4.78 is 0. The second-order valence-electron chi connectivity index (χ2n) is 6.14. The summed E-state index contributed by atoms with van der Waals surface area (Å²) in [6, 6.07) is 8.25. The van der Waals surface area contributed by atoms with Crippen molar-refractivity contribution in [2.24, 2.45) is 11.0 Å². The molecule has 0 radical (unpaired) electrons. The molecule has 1 aromatic rings. The zero-order valence-electron chi connectivity index (χ0n) is 12.7. The third-order valence-electron chi connectivity index (χ3n) is 4.44. The predicted molar refractivity (Wildman–Crippen MR) is 85.4 cm³/mol. The molecular formula is C16H21N5O. The summed E-state index contributed by atoms with van der Waals surface area (Å²) in [6.07, 6.45) is 3.03. The molecule has 1 unspecified atom stereocenters. The molecule has 2 fully saturated rings. The summed E-state index contributed by atoms with van der Waals surface area (Å²) in [7, 11) is 0. The van der Waals surface area contributed by atoms with Crippen molar-refractivity contribution in [1.82, 2.24) is 4.90 Å². The lowest BCUT2D eigenvalue weighted by molar-refractivity contribution is -0.117. The smallest absolute Gasteiger partial charge is 0.227 e. The number of nitrogens with zero attached hydrogens (tertiary/aromatic N) is 5. The van der Waals surface area contributed by atoms with E-state index in [0.717, 1.165) is 12.2 Å². The Morgan fingerprint density at radius 2 is 2.14 bits per heavy atom. The molecule has 0 saturated carbocycles. The third-order valence-corrected chi connectivity index (χ3v) is 4.44. The number of amides is 1. The lowest BCUT2D eigenvalue weighted by Crippen LogP contribution is -2.25. The zero-order chi connectivity index (χ0) is 15.4. The van der Waals surface area contributed by atoms with Gasteiger partial charge in [0.1, 0.15) is 0 Å². The van der Waals surface area contributed by atoms with Gasteiger partial charge in [-0.05, 0) is 55.1 Å². The van der Waals surface area contributed by atoms with Gasteiger partial charge in [-0.1, -0.05) is 17.2 Å². The minimum Gasteiger partial charge on any atom is -0.312 e.